The van der Waals surface area contributed by atoms with Crippen LogP contribution in [0.5, 0.6) is 0 Å². The Balaban J connectivity index is 1.65. The van der Waals surface area contributed by atoms with Crippen molar-refractivity contribution >= 4 is 11.3 Å². The summed E-state index contributed by atoms with van der Waals surface area (Å²) in [6.07, 6.45) is 2.27. The molecule has 0 radical (unpaired) electrons. The number of aliphatic hydroxyl groups excluding tert-OH is 1. The van der Waals surface area contributed by atoms with E-state index in [4.69, 9.17) is 4.74 Å². The highest BCUT2D eigenvalue weighted by atomic mass is 32.1. The number of thiophene rings is 1. The number of rotatable bonds is 5. The first-order valence-corrected chi connectivity index (χ1v) is 6.28. The van der Waals surface area contributed by atoms with E-state index < -0.39 is 0 Å². The van der Waals surface area contributed by atoms with Gasteiger partial charge in [-0.3, -0.25) is 0 Å². The molecule has 1 fully saturated rings. The third-order valence-corrected chi connectivity index (χ3v) is 3.58. The molecule has 2 unspecified atom stereocenters. The predicted octanol–water partition coefficient (Wildman–Crippen LogP) is 1.55. The van der Waals surface area contributed by atoms with Crippen molar-refractivity contribution in [3.63, 3.8) is 0 Å². The Morgan fingerprint density at radius 2 is 2.60 bits per heavy atom. The molecule has 2 heterocycles. The van der Waals surface area contributed by atoms with Crippen molar-refractivity contribution in [1.82, 2.24) is 5.32 Å². The van der Waals surface area contributed by atoms with Gasteiger partial charge in [-0.2, -0.15) is 0 Å². The molecule has 2 rings (SSSR count). The maximum Gasteiger partial charge on any atom is 0.101 e. The Hall–Kier alpha value is -0.420. The Labute approximate surface area is 94.1 Å². The van der Waals surface area contributed by atoms with Crippen molar-refractivity contribution in [3.8, 4) is 0 Å². The van der Waals surface area contributed by atoms with Gasteiger partial charge in [-0.05, 0) is 24.3 Å². The lowest BCUT2D eigenvalue weighted by atomic mass is 10.2. The van der Waals surface area contributed by atoms with Crippen LogP contribution in [0.2, 0.25) is 0 Å². The van der Waals surface area contributed by atoms with Crippen molar-refractivity contribution in [3.05, 3.63) is 22.4 Å². The van der Waals surface area contributed by atoms with Gasteiger partial charge in [0.15, 0.2) is 0 Å². The molecule has 1 aliphatic rings. The van der Waals surface area contributed by atoms with Crippen LogP contribution >= 0.6 is 11.3 Å². The standard InChI is InChI=1S/C11H17NO2S/c13-10(11-4-2-6-15-11)8-12-7-9-3-1-5-14-9/h2,4,6,9-10,12-13H,1,3,5,7-8H2. The van der Waals surface area contributed by atoms with E-state index in [1.54, 1.807) is 11.3 Å². The van der Waals surface area contributed by atoms with Gasteiger partial charge >= 0.3 is 0 Å². The Kier molecular flexibility index (Phi) is 4.14. The molecule has 1 aromatic rings. The number of nitrogens with one attached hydrogen (secondary N) is 1. The summed E-state index contributed by atoms with van der Waals surface area (Å²) in [6, 6.07) is 3.92. The molecule has 3 nitrogen and oxygen atoms in total. The van der Waals surface area contributed by atoms with E-state index in [0.29, 0.717) is 12.6 Å². The fraction of sp³-hybridized carbons (Fsp3) is 0.636. The van der Waals surface area contributed by atoms with E-state index >= 15 is 0 Å². The maximum atomic E-state index is 9.79. The van der Waals surface area contributed by atoms with Crippen LogP contribution in [0.4, 0.5) is 0 Å². The van der Waals surface area contributed by atoms with Gasteiger partial charge in [0.1, 0.15) is 6.10 Å². The first-order chi connectivity index (χ1) is 7.36. The molecule has 0 aromatic carbocycles. The minimum absolute atomic E-state index is 0.348. The second-order valence-corrected chi connectivity index (χ2v) is 4.80. The van der Waals surface area contributed by atoms with Crippen molar-refractivity contribution in [2.75, 3.05) is 19.7 Å². The van der Waals surface area contributed by atoms with E-state index in [1.807, 2.05) is 17.5 Å². The minimum atomic E-state index is -0.383. The number of hydrogen-bond acceptors (Lipinski definition) is 4. The average Bonchev–Trinajstić information content (AvgIpc) is 2.90. The van der Waals surface area contributed by atoms with E-state index in [-0.39, 0.29) is 6.10 Å². The molecule has 4 heteroatoms. The summed E-state index contributed by atoms with van der Waals surface area (Å²) in [5.41, 5.74) is 0. The van der Waals surface area contributed by atoms with E-state index in [1.165, 1.54) is 6.42 Å². The molecule has 1 aliphatic heterocycles. The third kappa shape index (κ3) is 3.28. The molecule has 0 aliphatic carbocycles. The van der Waals surface area contributed by atoms with Gasteiger partial charge in [0, 0.05) is 24.6 Å². The molecule has 2 atom stereocenters. The second kappa shape index (κ2) is 5.61. The number of ether oxygens (including phenoxy) is 1. The summed E-state index contributed by atoms with van der Waals surface area (Å²) >= 11 is 1.59. The molecule has 15 heavy (non-hydrogen) atoms. The lowest BCUT2D eigenvalue weighted by Crippen LogP contribution is -2.29. The van der Waals surface area contributed by atoms with Gasteiger partial charge in [0.2, 0.25) is 0 Å². The summed E-state index contributed by atoms with van der Waals surface area (Å²) in [7, 11) is 0. The van der Waals surface area contributed by atoms with Crippen LogP contribution in [-0.2, 0) is 4.74 Å². The SMILES string of the molecule is OC(CNCC1CCCO1)c1cccs1. The van der Waals surface area contributed by atoms with Crippen molar-refractivity contribution < 1.29 is 9.84 Å². The van der Waals surface area contributed by atoms with Crippen LogP contribution in [0.3, 0.4) is 0 Å². The zero-order chi connectivity index (χ0) is 10.5. The fourth-order valence-corrected chi connectivity index (χ4v) is 2.48. The molecule has 0 bridgehead atoms. The van der Waals surface area contributed by atoms with Crippen molar-refractivity contribution in [2.24, 2.45) is 0 Å². The van der Waals surface area contributed by atoms with Crippen LogP contribution in [-0.4, -0.2) is 30.9 Å². The molecule has 2 N–H and O–H groups in total. The summed E-state index contributed by atoms with van der Waals surface area (Å²) in [5.74, 6) is 0. The fourth-order valence-electron chi connectivity index (χ4n) is 1.77. The maximum absolute atomic E-state index is 9.79. The third-order valence-electron chi connectivity index (χ3n) is 2.61. The highest BCUT2D eigenvalue weighted by Crippen LogP contribution is 2.18. The molecule has 1 saturated heterocycles. The van der Waals surface area contributed by atoms with Gasteiger partial charge in [-0.15, -0.1) is 11.3 Å². The first-order valence-electron chi connectivity index (χ1n) is 5.40. The smallest absolute Gasteiger partial charge is 0.101 e. The quantitative estimate of drug-likeness (QED) is 0.802. The summed E-state index contributed by atoms with van der Waals surface area (Å²) < 4.78 is 5.48. The zero-order valence-electron chi connectivity index (χ0n) is 8.69. The topological polar surface area (TPSA) is 41.5 Å². The van der Waals surface area contributed by atoms with Gasteiger partial charge in [-0.25, -0.2) is 0 Å². The average molecular weight is 227 g/mol. The second-order valence-electron chi connectivity index (χ2n) is 3.82. The van der Waals surface area contributed by atoms with Crippen LogP contribution in [0.1, 0.15) is 23.8 Å². The van der Waals surface area contributed by atoms with Crippen LogP contribution < -0.4 is 5.32 Å². The molecule has 0 spiro atoms. The summed E-state index contributed by atoms with van der Waals surface area (Å²) in [5, 5.41) is 15.0. The lowest BCUT2D eigenvalue weighted by Gasteiger charge is -2.13. The van der Waals surface area contributed by atoms with Gasteiger partial charge in [-0.1, -0.05) is 6.07 Å². The Morgan fingerprint density at radius 3 is 3.27 bits per heavy atom. The van der Waals surface area contributed by atoms with Crippen molar-refractivity contribution in [2.45, 2.75) is 25.0 Å². The number of hydrogen-bond donors (Lipinski definition) is 2. The van der Waals surface area contributed by atoms with Crippen LogP contribution in [0.25, 0.3) is 0 Å². The normalized spacial score (nSPS) is 23.1. The van der Waals surface area contributed by atoms with E-state index in [9.17, 15) is 5.11 Å². The molecule has 0 amide bonds. The van der Waals surface area contributed by atoms with Crippen molar-refractivity contribution in [1.29, 1.82) is 0 Å². The highest BCUT2D eigenvalue weighted by Gasteiger charge is 2.15. The molecule has 84 valence electrons. The Bertz CT molecular complexity index is 270. The molecular formula is C11H17NO2S. The van der Waals surface area contributed by atoms with E-state index in [0.717, 1.165) is 24.4 Å². The monoisotopic (exact) mass is 227 g/mol. The predicted molar refractivity (Wildman–Crippen MR) is 61.1 cm³/mol. The molecule has 0 saturated carbocycles. The molecule has 1 aromatic heterocycles. The van der Waals surface area contributed by atoms with Gasteiger partial charge < -0.3 is 15.2 Å². The summed E-state index contributed by atoms with van der Waals surface area (Å²) in [6.45, 7) is 2.35. The van der Waals surface area contributed by atoms with E-state index in [2.05, 4.69) is 5.32 Å². The number of aliphatic hydroxyl groups is 1. The first kappa shape index (κ1) is 11.1. The summed E-state index contributed by atoms with van der Waals surface area (Å²) in [4.78, 5) is 1.02. The molecular weight excluding hydrogens is 210 g/mol. The Morgan fingerprint density at radius 1 is 1.67 bits per heavy atom. The minimum Gasteiger partial charge on any atom is -0.386 e. The largest absolute Gasteiger partial charge is 0.386 e. The lowest BCUT2D eigenvalue weighted by molar-refractivity contribution is 0.104. The zero-order valence-corrected chi connectivity index (χ0v) is 9.50. The van der Waals surface area contributed by atoms with Crippen LogP contribution in [0.15, 0.2) is 17.5 Å². The van der Waals surface area contributed by atoms with Gasteiger partial charge in [0.25, 0.3) is 0 Å². The highest BCUT2D eigenvalue weighted by molar-refractivity contribution is 7.10. The van der Waals surface area contributed by atoms with Gasteiger partial charge in [0.05, 0.1) is 6.10 Å². The van der Waals surface area contributed by atoms with Crippen LogP contribution in [0, 0.1) is 0 Å².